The summed E-state index contributed by atoms with van der Waals surface area (Å²) in [5.74, 6) is -0.688. The van der Waals surface area contributed by atoms with E-state index in [4.69, 9.17) is 4.74 Å². The highest BCUT2D eigenvalue weighted by Crippen LogP contribution is 2.25. The zero-order valence-electron chi connectivity index (χ0n) is 15.8. The number of nitrogens with one attached hydrogen (secondary N) is 1. The minimum absolute atomic E-state index is 0.132. The number of carboxylic acid groups (broad SMARTS) is 1. The van der Waals surface area contributed by atoms with Crippen molar-refractivity contribution in [2.45, 2.75) is 19.8 Å². The minimum Gasteiger partial charge on any atom is -0.550 e. The number of aliphatic carboxylic acids is 1. The van der Waals surface area contributed by atoms with Gasteiger partial charge in [-0.2, -0.15) is 0 Å². The van der Waals surface area contributed by atoms with E-state index in [1.54, 1.807) is 30.0 Å². The largest absolute Gasteiger partial charge is 0.550 e. The van der Waals surface area contributed by atoms with Crippen molar-refractivity contribution >= 4 is 11.9 Å². The predicted octanol–water partition coefficient (Wildman–Crippen LogP) is 2.54. The minimum atomic E-state index is -1.14. The molecule has 1 aromatic heterocycles. The van der Waals surface area contributed by atoms with Gasteiger partial charge in [-0.1, -0.05) is 17.7 Å². The summed E-state index contributed by atoms with van der Waals surface area (Å²) < 4.78 is 6.82. The number of carbonyl (C=O) groups excluding carboxylic acids is 2. The van der Waals surface area contributed by atoms with E-state index in [1.165, 1.54) is 0 Å². The van der Waals surface area contributed by atoms with E-state index in [2.05, 4.69) is 5.43 Å². The summed E-state index contributed by atoms with van der Waals surface area (Å²) in [6.07, 6.45) is 0.110. The first-order valence-electron chi connectivity index (χ1n) is 8.91. The first-order chi connectivity index (χ1) is 13.5. The molecule has 1 amide bonds. The van der Waals surface area contributed by atoms with E-state index in [1.807, 2.05) is 49.4 Å². The van der Waals surface area contributed by atoms with Crippen molar-refractivity contribution in [3.8, 4) is 17.0 Å². The van der Waals surface area contributed by atoms with Crippen molar-refractivity contribution in [1.29, 1.82) is 0 Å². The fourth-order valence-electron chi connectivity index (χ4n) is 2.89. The Morgan fingerprint density at radius 3 is 2.29 bits per heavy atom. The SMILES string of the molecule is COc1ccc(-c2ccc(CCC(=O)[O-])n2NC(=O)c2ccc(C)cc2)cc1. The van der Waals surface area contributed by atoms with Gasteiger partial charge in [0.15, 0.2) is 0 Å². The van der Waals surface area contributed by atoms with Crippen LogP contribution >= 0.6 is 0 Å². The second-order valence-electron chi connectivity index (χ2n) is 6.45. The van der Waals surface area contributed by atoms with Gasteiger partial charge in [-0.15, -0.1) is 0 Å². The van der Waals surface area contributed by atoms with Crippen molar-refractivity contribution in [2.24, 2.45) is 0 Å². The van der Waals surface area contributed by atoms with E-state index in [0.717, 1.165) is 22.6 Å². The van der Waals surface area contributed by atoms with Gasteiger partial charge in [0.2, 0.25) is 0 Å². The van der Waals surface area contributed by atoms with Crippen LogP contribution < -0.4 is 15.3 Å². The van der Waals surface area contributed by atoms with E-state index >= 15 is 0 Å². The highest BCUT2D eigenvalue weighted by molar-refractivity contribution is 6.00. The van der Waals surface area contributed by atoms with E-state index in [0.29, 0.717) is 11.3 Å². The van der Waals surface area contributed by atoms with Crippen molar-refractivity contribution in [1.82, 2.24) is 4.68 Å². The third kappa shape index (κ3) is 4.40. The summed E-state index contributed by atoms with van der Waals surface area (Å²) in [5, 5.41) is 10.9. The van der Waals surface area contributed by atoms with Gasteiger partial charge in [-0.25, -0.2) is 0 Å². The van der Waals surface area contributed by atoms with E-state index in [9.17, 15) is 14.7 Å². The number of carbonyl (C=O) groups is 2. The molecule has 6 nitrogen and oxygen atoms in total. The number of rotatable bonds is 7. The zero-order chi connectivity index (χ0) is 20.1. The van der Waals surface area contributed by atoms with Crippen molar-refractivity contribution < 1.29 is 19.4 Å². The average molecular weight is 377 g/mol. The number of hydrogen-bond donors (Lipinski definition) is 1. The van der Waals surface area contributed by atoms with E-state index in [-0.39, 0.29) is 18.7 Å². The van der Waals surface area contributed by atoms with Gasteiger partial charge in [0.1, 0.15) is 5.75 Å². The smallest absolute Gasteiger partial charge is 0.270 e. The fraction of sp³-hybridized carbons (Fsp3) is 0.182. The van der Waals surface area contributed by atoms with Crippen LogP contribution in [0.1, 0.15) is 28.0 Å². The van der Waals surface area contributed by atoms with Gasteiger partial charge in [0.25, 0.3) is 5.91 Å². The number of hydrogen-bond acceptors (Lipinski definition) is 4. The summed E-state index contributed by atoms with van der Waals surface area (Å²) in [6.45, 7) is 1.95. The van der Waals surface area contributed by atoms with Crippen LogP contribution in [0.25, 0.3) is 11.3 Å². The Kier molecular flexibility index (Phi) is 5.79. The van der Waals surface area contributed by atoms with Crippen LogP contribution in [0.15, 0.2) is 60.7 Å². The number of benzene rings is 2. The molecule has 0 aliphatic heterocycles. The highest BCUT2D eigenvalue weighted by Gasteiger charge is 2.14. The monoisotopic (exact) mass is 377 g/mol. The lowest BCUT2D eigenvalue weighted by Gasteiger charge is -2.16. The number of methoxy groups -OCH3 is 1. The number of aromatic nitrogens is 1. The van der Waals surface area contributed by atoms with Crippen LogP contribution in [0.3, 0.4) is 0 Å². The molecule has 0 spiro atoms. The van der Waals surface area contributed by atoms with Gasteiger partial charge >= 0.3 is 0 Å². The van der Waals surface area contributed by atoms with Gasteiger partial charge in [-0.05, 0) is 68.3 Å². The maximum absolute atomic E-state index is 12.7. The molecule has 3 aromatic rings. The van der Waals surface area contributed by atoms with Crippen molar-refractivity contribution in [3.63, 3.8) is 0 Å². The van der Waals surface area contributed by atoms with Crippen LogP contribution in [0, 0.1) is 6.92 Å². The van der Waals surface area contributed by atoms with Gasteiger partial charge < -0.3 is 14.6 Å². The molecule has 0 unspecified atom stereocenters. The van der Waals surface area contributed by atoms with Crippen molar-refractivity contribution in [3.05, 3.63) is 77.5 Å². The quantitative estimate of drug-likeness (QED) is 0.686. The molecule has 144 valence electrons. The van der Waals surface area contributed by atoms with Gasteiger partial charge in [-0.3, -0.25) is 14.9 Å². The van der Waals surface area contributed by atoms with Crippen LogP contribution in [0.2, 0.25) is 0 Å². The van der Waals surface area contributed by atoms with Crippen molar-refractivity contribution in [2.75, 3.05) is 12.5 Å². The summed E-state index contributed by atoms with van der Waals surface area (Å²) in [6, 6.07) is 18.3. The number of ether oxygens (including phenoxy) is 1. The lowest BCUT2D eigenvalue weighted by atomic mass is 10.1. The van der Waals surface area contributed by atoms with Crippen LogP contribution in [-0.2, 0) is 11.2 Å². The Bertz CT molecular complexity index is 973. The lowest BCUT2D eigenvalue weighted by Crippen LogP contribution is -2.27. The van der Waals surface area contributed by atoms with Crippen LogP contribution in [0.5, 0.6) is 5.75 Å². The zero-order valence-corrected chi connectivity index (χ0v) is 15.8. The Morgan fingerprint density at radius 1 is 1.00 bits per heavy atom. The Morgan fingerprint density at radius 2 is 1.68 bits per heavy atom. The normalized spacial score (nSPS) is 10.5. The predicted molar refractivity (Wildman–Crippen MR) is 105 cm³/mol. The van der Waals surface area contributed by atoms with Crippen LogP contribution in [0.4, 0.5) is 0 Å². The summed E-state index contributed by atoms with van der Waals surface area (Å²) >= 11 is 0. The molecule has 1 N–H and O–H groups in total. The number of nitrogens with zero attached hydrogens (tertiary/aromatic N) is 1. The molecule has 0 aliphatic rings. The second-order valence-corrected chi connectivity index (χ2v) is 6.45. The average Bonchev–Trinajstić information content (AvgIpc) is 3.09. The molecule has 0 atom stereocenters. The number of carboxylic acids is 1. The summed E-state index contributed by atoms with van der Waals surface area (Å²) in [7, 11) is 1.59. The van der Waals surface area contributed by atoms with Gasteiger partial charge in [0.05, 0.1) is 12.8 Å². The lowest BCUT2D eigenvalue weighted by molar-refractivity contribution is -0.305. The third-order valence-electron chi connectivity index (χ3n) is 4.46. The first kappa shape index (κ1) is 19.2. The second kappa shape index (κ2) is 8.43. The standard InChI is InChI=1S/C22H22N2O4/c1-15-3-5-17(6-4-15)22(27)23-24-18(10-14-21(25)26)9-13-20(24)16-7-11-19(28-2)12-8-16/h3-9,11-13H,10,14H2,1-2H3,(H,23,27)(H,25,26)/p-1. The molecule has 0 aliphatic carbocycles. The molecule has 3 rings (SSSR count). The molecule has 28 heavy (non-hydrogen) atoms. The first-order valence-corrected chi connectivity index (χ1v) is 8.91. The van der Waals surface area contributed by atoms with E-state index < -0.39 is 5.97 Å². The Hall–Kier alpha value is -3.54. The molecule has 6 heteroatoms. The Balaban J connectivity index is 1.94. The topological polar surface area (TPSA) is 83.4 Å². The molecule has 0 saturated heterocycles. The molecule has 0 bridgehead atoms. The molecular weight excluding hydrogens is 356 g/mol. The number of amides is 1. The Labute approximate surface area is 163 Å². The van der Waals surface area contributed by atoms with Gasteiger partial charge in [0, 0.05) is 22.8 Å². The highest BCUT2D eigenvalue weighted by atomic mass is 16.5. The van der Waals surface area contributed by atoms with Crippen LogP contribution in [-0.4, -0.2) is 23.7 Å². The number of aryl methyl sites for hydroxylation is 2. The maximum Gasteiger partial charge on any atom is 0.270 e. The summed E-state index contributed by atoms with van der Waals surface area (Å²) in [5.41, 5.74) is 6.75. The molecular formula is C22H21N2O4-. The fourth-order valence-corrected chi connectivity index (χ4v) is 2.89. The third-order valence-corrected chi connectivity index (χ3v) is 4.46. The molecule has 0 saturated carbocycles. The molecule has 0 fully saturated rings. The molecule has 2 aromatic carbocycles. The maximum atomic E-state index is 12.7. The molecule has 1 heterocycles. The molecule has 0 radical (unpaired) electrons. The summed E-state index contributed by atoms with van der Waals surface area (Å²) in [4.78, 5) is 23.6.